The third-order valence-electron chi connectivity index (χ3n) is 15.3. The second-order valence-electron chi connectivity index (χ2n) is 23.4. The number of carbonyl (C=O) groups is 3. The second kappa shape index (κ2) is 69.8. The summed E-state index contributed by atoms with van der Waals surface area (Å²) in [5.41, 5.74) is 0. The molecule has 0 bridgehead atoms. The molecule has 0 amide bonds. The van der Waals surface area contributed by atoms with E-state index < -0.39 is 6.10 Å². The standard InChI is InChI=1S/C76H132O6/c1-4-7-10-13-16-19-22-25-28-31-33-34-35-36-37-38-39-40-41-42-44-45-48-51-54-57-60-63-66-69-75(78)81-72-73(71-80-74(77)68-65-62-59-56-53-50-47-30-27-24-21-18-15-12-9-6-3)82-76(79)70-67-64-61-58-55-52-49-46-43-32-29-26-23-20-17-14-11-8-5-2/h8,11,17,20,22,25-26,29,31,33,43,46,52,55,61,64,73H,4-7,9-10,12-16,18-19,21,23-24,27-28,30,32,34-42,44-45,47-51,53-54,56-60,62-63,65-72H2,1-3H3/b11-8-,20-17-,25-22-,29-26-,33-31-,46-43-,55-52-,64-61-. The van der Waals surface area contributed by atoms with Crippen LogP contribution in [0.4, 0.5) is 0 Å². The molecule has 6 nitrogen and oxygen atoms in total. The lowest BCUT2D eigenvalue weighted by Crippen LogP contribution is -2.30. The predicted octanol–water partition coefficient (Wildman–Crippen LogP) is 24.4. The lowest BCUT2D eigenvalue weighted by molar-refractivity contribution is -0.166. The highest BCUT2D eigenvalue weighted by Crippen LogP contribution is 2.17. The number of carbonyl (C=O) groups excluding carboxylic acids is 3. The summed E-state index contributed by atoms with van der Waals surface area (Å²) in [6, 6.07) is 0. The number of rotatable bonds is 64. The SMILES string of the molecule is CC/C=C\C/C=C\C/C=C\C/C=C\C/C=C\C/C=C\CCC(=O)OC(COC(=O)CCCCCCCCCCCCCCCCCC)COC(=O)CCCCCCCCCCCCCCCCCCC/C=C\C/C=C\CCCCCCC. The highest BCUT2D eigenvalue weighted by Gasteiger charge is 2.19. The zero-order valence-electron chi connectivity index (χ0n) is 54.2. The van der Waals surface area contributed by atoms with Gasteiger partial charge in [0.2, 0.25) is 0 Å². The van der Waals surface area contributed by atoms with Crippen LogP contribution >= 0.6 is 0 Å². The smallest absolute Gasteiger partial charge is 0.306 e. The van der Waals surface area contributed by atoms with Gasteiger partial charge in [0.1, 0.15) is 13.2 Å². The van der Waals surface area contributed by atoms with Crippen molar-refractivity contribution in [2.45, 2.75) is 354 Å². The Balaban J connectivity index is 4.34. The normalized spacial score (nSPS) is 12.7. The van der Waals surface area contributed by atoms with Crippen LogP contribution in [0.25, 0.3) is 0 Å². The fourth-order valence-corrected chi connectivity index (χ4v) is 10.1. The summed E-state index contributed by atoms with van der Waals surface area (Å²) in [5, 5.41) is 0. The molecule has 82 heavy (non-hydrogen) atoms. The predicted molar refractivity (Wildman–Crippen MR) is 357 cm³/mol. The van der Waals surface area contributed by atoms with Gasteiger partial charge in [-0.1, -0.05) is 336 Å². The van der Waals surface area contributed by atoms with Gasteiger partial charge >= 0.3 is 17.9 Å². The van der Waals surface area contributed by atoms with E-state index in [-0.39, 0.29) is 37.5 Å². The van der Waals surface area contributed by atoms with Crippen LogP contribution in [-0.4, -0.2) is 37.2 Å². The first kappa shape index (κ1) is 78.3. The summed E-state index contributed by atoms with van der Waals surface area (Å²) in [5.74, 6) is -0.971. The van der Waals surface area contributed by atoms with Gasteiger partial charge in [-0.15, -0.1) is 0 Å². The summed E-state index contributed by atoms with van der Waals surface area (Å²) >= 11 is 0. The first-order valence-electron chi connectivity index (χ1n) is 35.2. The van der Waals surface area contributed by atoms with Crippen LogP contribution in [-0.2, 0) is 28.6 Å². The molecule has 0 aromatic rings. The van der Waals surface area contributed by atoms with Crippen molar-refractivity contribution in [3.63, 3.8) is 0 Å². The van der Waals surface area contributed by atoms with Crippen molar-refractivity contribution in [2.75, 3.05) is 13.2 Å². The fraction of sp³-hybridized carbons (Fsp3) is 0.750. The molecule has 0 heterocycles. The van der Waals surface area contributed by atoms with E-state index in [9.17, 15) is 14.4 Å². The molecule has 0 aromatic carbocycles. The minimum absolute atomic E-state index is 0.104. The van der Waals surface area contributed by atoms with Crippen molar-refractivity contribution >= 4 is 17.9 Å². The Morgan fingerprint density at radius 3 is 0.793 bits per heavy atom. The van der Waals surface area contributed by atoms with Gasteiger partial charge < -0.3 is 14.2 Å². The lowest BCUT2D eigenvalue weighted by Gasteiger charge is -2.18. The second-order valence-corrected chi connectivity index (χ2v) is 23.4. The van der Waals surface area contributed by atoms with Crippen molar-refractivity contribution in [3.8, 4) is 0 Å². The van der Waals surface area contributed by atoms with Crippen LogP contribution in [0.5, 0.6) is 0 Å². The molecule has 0 spiro atoms. The molecule has 0 fully saturated rings. The Morgan fingerprint density at radius 2 is 0.500 bits per heavy atom. The maximum atomic E-state index is 12.9. The maximum Gasteiger partial charge on any atom is 0.306 e. The van der Waals surface area contributed by atoms with Crippen LogP contribution in [0.15, 0.2) is 97.2 Å². The van der Waals surface area contributed by atoms with Crippen molar-refractivity contribution in [1.29, 1.82) is 0 Å². The Morgan fingerprint density at radius 1 is 0.256 bits per heavy atom. The van der Waals surface area contributed by atoms with Gasteiger partial charge in [0, 0.05) is 19.3 Å². The number of hydrogen-bond donors (Lipinski definition) is 0. The van der Waals surface area contributed by atoms with Crippen molar-refractivity contribution < 1.29 is 28.6 Å². The molecule has 6 heteroatoms. The van der Waals surface area contributed by atoms with Crippen molar-refractivity contribution in [3.05, 3.63) is 97.2 Å². The van der Waals surface area contributed by atoms with Gasteiger partial charge in [0.25, 0.3) is 0 Å². The molecule has 0 N–H and O–H groups in total. The van der Waals surface area contributed by atoms with Gasteiger partial charge in [-0.05, 0) is 89.9 Å². The first-order chi connectivity index (χ1) is 40.5. The third-order valence-corrected chi connectivity index (χ3v) is 15.3. The summed E-state index contributed by atoms with van der Waals surface area (Å²) in [6.45, 7) is 6.50. The monoisotopic (exact) mass is 1140 g/mol. The van der Waals surface area contributed by atoms with Crippen molar-refractivity contribution in [2.24, 2.45) is 0 Å². The molecule has 0 rings (SSSR count). The molecule has 0 saturated heterocycles. The highest BCUT2D eigenvalue weighted by atomic mass is 16.6. The molecular formula is C76H132O6. The third kappa shape index (κ3) is 67.1. The maximum absolute atomic E-state index is 12.9. The van der Waals surface area contributed by atoms with E-state index in [0.717, 1.165) is 83.5 Å². The van der Waals surface area contributed by atoms with E-state index in [1.165, 1.54) is 218 Å². The Labute approximate surface area is 508 Å². The van der Waals surface area contributed by atoms with Gasteiger partial charge in [0.15, 0.2) is 6.10 Å². The van der Waals surface area contributed by atoms with E-state index in [1.807, 2.05) is 6.08 Å². The van der Waals surface area contributed by atoms with Crippen LogP contribution in [0.1, 0.15) is 348 Å². The molecule has 0 saturated carbocycles. The van der Waals surface area contributed by atoms with Crippen LogP contribution in [0.3, 0.4) is 0 Å². The van der Waals surface area contributed by atoms with E-state index in [1.54, 1.807) is 0 Å². The largest absolute Gasteiger partial charge is 0.462 e. The highest BCUT2D eigenvalue weighted by molar-refractivity contribution is 5.71. The molecule has 0 aromatic heterocycles. The molecule has 1 unspecified atom stereocenters. The van der Waals surface area contributed by atoms with E-state index >= 15 is 0 Å². The molecule has 0 aliphatic rings. The van der Waals surface area contributed by atoms with Crippen molar-refractivity contribution in [1.82, 2.24) is 0 Å². The topological polar surface area (TPSA) is 78.9 Å². The van der Waals surface area contributed by atoms with E-state index in [2.05, 4.69) is 112 Å². The quantitative estimate of drug-likeness (QED) is 0.0261. The van der Waals surface area contributed by atoms with Gasteiger partial charge in [-0.2, -0.15) is 0 Å². The number of hydrogen-bond acceptors (Lipinski definition) is 6. The summed E-state index contributed by atoms with van der Waals surface area (Å²) in [7, 11) is 0. The van der Waals surface area contributed by atoms with Gasteiger partial charge in [-0.25, -0.2) is 0 Å². The summed E-state index contributed by atoms with van der Waals surface area (Å²) in [6.07, 6.45) is 94.5. The van der Waals surface area contributed by atoms with Crippen LogP contribution in [0, 0.1) is 0 Å². The minimum Gasteiger partial charge on any atom is -0.462 e. The molecule has 0 radical (unpaired) electrons. The zero-order chi connectivity index (χ0) is 59.2. The number of esters is 3. The minimum atomic E-state index is -0.818. The number of ether oxygens (including phenoxy) is 3. The summed E-state index contributed by atoms with van der Waals surface area (Å²) in [4.78, 5) is 38.4. The summed E-state index contributed by atoms with van der Waals surface area (Å²) < 4.78 is 16.9. The number of allylic oxidation sites excluding steroid dienone is 16. The number of unbranched alkanes of at least 4 members (excludes halogenated alkanes) is 37. The molecule has 472 valence electrons. The Bertz CT molecular complexity index is 1590. The van der Waals surface area contributed by atoms with Gasteiger partial charge in [0.05, 0.1) is 0 Å². The first-order valence-corrected chi connectivity index (χ1v) is 35.2. The van der Waals surface area contributed by atoms with Crippen LogP contribution in [0.2, 0.25) is 0 Å². The van der Waals surface area contributed by atoms with Gasteiger partial charge in [-0.3, -0.25) is 14.4 Å². The Hall–Kier alpha value is -3.67. The molecular weight excluding hydrogens is 1010 g/mol. The zero-order valence-corrected chi connectivity index (χ0v) is 54.2. The Kier molecular flexibility index (Phi) is 66.7. The van der Waals surface area contributed by atoms with E-state index in [4.69, 9.17) is 14.2 Å². The van der Waals surface area contributed by atoms with E-state index in [0.29, 0.717) is 19.3 Å². The molecule has 0 aliphatic carbocycles. The molecule has 1 atom stereocenters. The molecule has 0 aliphatic heterocycles. The lowest BCUT2D eigenvalue weighted by atomic mass is 10.0. The van der Waals surface area contributed by atoms with Crippen LogP contribution < -0.4 is 0 Å². The fourth-order valence-electron chi connectivity index (χ4n) is 10.1. The average Bonchev–Trinajstić information content (AvgIpc) is 3.47. The average molecular weight is 1140 g/mol.